The van der Waals surface area contributed by atoms with Crippen molar-refractivity contribution in [2.75, 3.05) is 6.67 Å². The fourth-order valence-electron chi connectivity index (χ4n) is 5.16. The summed E-state index contributed by atoms with van der Waals surface area (Å²) in [5, 5.41) is 0. The van der Waals surface area contributed by atoms with Gasteiger partial charge in [-0.2, -0.15) is 13.2 Å². The first-order valence-corrected chi connectivity index (χ1v) is 10.9. The lowest BCUT2D eigenvalue weighted by Crippen LogP contribution is -2.25. The average Bonchev–Trinajstić information content (AvgIpc) is 2.71. The summed E-state index contributed by atoms with van der Waals surface area (Å²) in [6.07, 6.45) is 11.3. The highest BCUT2D eigenvalue weighted by Gasteiger charge is 2.32. The summed E-state index contributed by atoms with van der Waals surface area (Å²) in [6.45, 7) is -0.230. The number of allylic oxidation sites excluding steroid dienone is 2. The molecule has 0 N–H and O–H groups in total. The normalized spacial score (nSPS) is 29.3. The third kappa shape index (κ3) is 5.84. The standard InChI is InChI=1S/C24H32F4/c25-17-3-1-2-4-18-5-7-19(8-6-18)20-9-11-21(12-10-20)22-13-15-23(16-14-22)24(26,27)28/h2,4,13-16,18-21H,1,3,5-12,17H2/b4-2+/t18-,19-,20?,21?. The number of alkyl halides is 4. The summed E-state index contributed by atoms with van der Waals surface area (Å²) in [4.78, 5) is 0. The lowest BCUT2D eigenvalue weighted by molar-refractivity contribution is -0.137. The molecule has 0 aromatic heterocycles. The van der Waals surface area contributed by atoms with Crippen molar-refractivity contribution in [3.05, 3.63) is 47.5 Å². The van der Waals surface area contributed by atoms with E-state index in [1.54, 1.807) is 12.1 Å². The van der Waals surface area contributed by atoms with E-state index >= 15 is 0 Å². The van der Waals surface area contributed by atoms with Crippen LogP contribution in [0, 0.1) is 17.8 Å². The van der Waals surface area contributed by atoms with Gasteiger partial charge >= 0.3 is 6.18 Å². The van der Waals surface area contributed by atoms with Crippen LogP contribution in [0.5, 0.6) is 0 Å². The minimum atomic E-state index is -4.25. The molecule has 0 aliphatic heterocycles. The number of benzene rings is 1. The van der Waals surface area contributed by atoms with Gasteiger partial charge in [0.05, 0.1) is 12.2 Å². The van der Waals surface area contributed by atoms with Crippen LogP contribution >= 0.6 is 0 Å². The molecule has 2 aliphatic rings. The zero-order valence-electron chi connectivity index (χ0n) is 16.6. The van der Waals surface area contributed by atoms with Crippen molar-refractivity contribution >= 4 is 0 Å². The molecule has 156 valence electrons. The van der Waals surface area contributed by atoms with Gasteiger partial charge in [-0.15, -0.1) is 0 Å². The van der Waals surface area contributed by atoms with Crippen LogP contribution < -0.4 is 0 Å². The molecule has 0 unspecified atom stereocenters. The Bertz CT molecular complexity index is 600. The van der Waals surface area contributed by atoms with Crippen molar-refractivity contribution in [1.82, 2.24) is 0 Å². The van der Waals surface area contributed by atoms with Crippen molar-refractivity contribution in [2.24, 2.45) is 17.8 Å². The number of rotatable bonds is 6. The first-order chi connectivity index (χ1) is 13.5. The summed E-state index contributed by atoms with van der Waals surface area (Å²) in [5.74, 6) is 2.67. The Kier molecular flexibility index (Phi) is 7.59. The molecule has 0 atom stereocenters. The zero-order chi connectivity index (χ0) is 20.0. The molecule has 1 aromatic rings. The van der Waals surface area contributed by atoms with Crippen LogP contribution in [0.2, 0.25) is 0 Å². The first-order valence-electron chi connectivity index (χ1n) is 10.9. The Labute approximate surface area is 166 Å². The van der Waals surface area contributed by atoms with Crippen molar-refractivity contribution in [2.45, 2.75) is 76.3 Å². The van der Waals surface area contributed by atoms with Gasteiger partial charge in [0.25, 0.3) is 0 Å². The summed E-state index contributed by atoms with van der Waals surface area (Å²) >= 11 is 0. The van der Waals surface area contributed by atoms with Crippen LogP contribution in [0.4, 0.5) is 17.6 Å². The highest BCUT2D eigenvalue weighted by atomic mass is 19.4. The topological polar surface area (TPSA) is 0 Å². The van der Waals surface area contributed by atoms with Crippen LogP contribution in [0.3, 0.4) is 0 Å². The molecular formula is C24H32F4. The molecular weight excluding hydrogens is 364 g/mol. The zero-order valence-corrected chi connectivity index (χ0v) is 16.6. The summed E-state index contributed by atoms with van der Waals surface area (Å²) in [7, 11) is 0. The minimum Gasteiger partial charge on any atom is -0.251 e. The maximum absolute atomic E-state index is 12.7. The largest absolute Gasteiger partial charge is 0.416 e. The van der Waals surface area contributed by atoms with Crippen molar-refractivity contribution < 1.29 is 17.6 Å². The van der Waals surface area contributed by atoms with Gasteiger partial charge < -0.3 is 0 Å². The van der Waals surface area contributed by atoms with E-state index in [1.807, 2.05) is 0 Å². The van der Waals surface area contributed by atoms with Gasteiger partial charge in [-0.1, -0.05) is 24.3 Å². The second-order valence-electron chi connectivity index (χ2n) is 8.67. The monoisotopic (exact) mass is 396 g/mol. The van der Waals surface area contributed by atoms with E-state index in [1.165, 1.54) is 50.7 Å². The Morgan fingerprint density at radius 3 is 1.93 bits per heavy atom. The maximum atomic E-state index is 12.7. The number of halogens is 4. The van der Waals surface area contributed by atoms with E-state index in [2.05, 4.69) is 12.2 Å². The van der Waals surface area contributed by atoms with Gasteiger partial charge in [0, 0.05) is 0 Å². The lowest BCUT2D eigenvalue weighted by atomic mass is 9.68. The third-order valence-corrected chi connectivity index (χ3v) is 6.88. The van der Waals surface area contributed by atoms with Crippen LogP contribution in [-0.4, -0.2) is 6.67 Å². The molecule has 2 aliphatic carbocycles. The quantitative estimate of drug-likeness (QED) is 0.259. The van der Waals surface area contributed by atoms with Crippen LogP contribution in [0.1, 0.15) is 81.3 Å². The molecule has 0 bridgehead atoms. The molecule has 28 heavy (non-hydrogen) atoms. The predicted octanol–water partition coefficient (Wildman–Crippen LogP) is 8.09. The molecule has 0 nitrogen and oxygen atoms in total. The number of unbranched alkanes of at least 4 members (excludes halogenated alkanes) is 1. The highest BCUT2D eigenvalue weighted by Crippen LogP contribution is 2.44. The molecule has 0 amide bonds. The van der Waals surface area contributed by atoms with E-state index < -0.39 is 11.7 Å². The average molecular weight is 397 g/mol. The van der Waals surface area contributed by atoms with Gasteiger partial charge in [-0.25, -0.2) is 0 Å². The summed E-state index contributed by atoms with van der Waals surface area (Å²) in [5.41, 5.74) is 0.508. The molecule has 2 saturated carbocycles. The fourth-order valence-corrected chi connectivity index (χ4v) is 5.16. The van der Waals surface area contributed by atoms with Gasteiger partial charge in [-0.05, 0) is 106 Å². The van der Waals surface area contributed by atoms with Crippen molar-refractivity contribution in [3.8, 4) is 0 Å². The highest BCUT2D eigenvalue weighted by molar-refractivity contribution is 5.27. The maximum Gasteiger partial charge on any atom is 0.416 e. The van der Waals surface area contributed by atoms with Gasteiger partial charge in [0.1, 0.15) is 0 Å². The van der Waals surface area contributed by atoms with Crippen molar-refractivity contribution in [1.29, 1.82) is 0 Å². The fraction of sp³-hybridized carbons (Fsp3) is 0.667. The van der Waals surface area contributed by atoms with Gasteiger partial charge in [0.2, 0.25) is 0 Å². The third-order valence-electron chi connectivity index (χ3n) is 6.88. The van der Waals surface area contributed by atoms with E-state index in [4.69, 9.17) is 0 Å². The smallest absolute Gasteiger partial charge is 0.251 e. The Morgan fingerprint density at radius 1 is 0.821 bits per heavy atom. The second-order valence-corrected chi connectivity index (χ2v) is 8.67. The van der Waals surface area contributed by atoms with Gasteiger partial charge in [-0.3, -0.25) is 4.39 Å². The SMILES string of the molecule is FCCC/C=C/[C@H]1CC[C@H](C2CCC(c3ccc(C(F)(F)F)cc3)CC2)CC1. The summed E-state index contributed by atoms with van der Waals surface area (Å²) < 4.78 is 50.3. The molecule has 0 spiro atoms. The number of hydrogen-bond donors (Lipinski definition) is 0. The lowest BCUT2D eigenvalue weighted by Gasteiger charge is -2.37. The van der Waals surface area contributed by atoms with E-state index in [0.29, 0.717) is 18.3 Å². The molecule has 0 radical (unpaired) electrons. The molecule has 2 fully saturated rings. The minimum absolute atomic E-state index is 0.230. The number of hydrogen-bond acceptors (Lipinski definition) is 0. The van der Waals surface area contributed by atoms with E-state index in [9.17, 15) is 17.6 Å². The molecule has 0 saturated heterocycles. The Hall–Kier alpha value is -1.32. The first kappa shape index (κ1) is 21.4. The van der Waals surface area contributed by atoms with E-state index in [0.717, 1.165) is 36.7 Å². The van der Waals surface area contributed by atoms with Crippen LogP contribution in [0.15, 0.2) is 36.4 Å². The molecule has 4 heteroatoms. The second kappa shape index (κ2) is 9.93. The predicted molar refractivity (Wildman–Crippen MR) is 106 cm³/mol. The Balaban J connectivity index is 1.43. The molecule has 3 rings (SSSR count). The van der Waals surface area contributed by atoms with Crippen molar-refractivity contribution in [3.63, 3.8) is 0 Å². The Morgan fingerprint density at radius 2 is 1.39 bits per heavy atom. The molecule has 1 aromatic carbocycles. The summed E-state index contributed by atoms with van der Waals surface area (Å²) in [6, 6.07) is 5.80. The van der Waals surface area contributed by atoms with Crippen LogP contribution in [-0.2, 0) is 6.18 Å². The van der Waals surface area contributed by atoms with Crippen LogP contribution in [0.25, 0.3) is 0 Å². The molecule has 0 heterocycles. The van der Waals surface area contributed by atoms with Gasteiger partial charge in [0.15, 0.2) is 0 Å². The van der Waals surface area contributed by atoms with E-state index in [-0.39, 0.29) is 6.67 Å².